The molecule has 2 fully saturated rings. The van der Waals surface area contributed by atoms with Crippen molar-refractivity contribution in [3.8, 4) is 0 Å². The maximum atomic E-state index is 12.6. The number of carbonyl (C=O) groups is 1. The van der Waals surface area contributed by atoms with Crippen LogP contribution in [0.4, 0.5) is 0 Å². The molecule has 0 heterocycles. The molecule has 2 atom stereocenters. The van der Waals surface area contributed by atoms with Gasteiger partial charge in [0.2, 0.25) is 0 Å². The van der Waals surface area contributed by atoms with Gasteiger partial charge in [-0.25, -0.2) is 0 Å². The monoisotopic (exact) mass is 276 g/mol. The van der Waals surface area contributed by atoms with E-state index in [9.17, 15) is 4.79 Å². The molecule has 2 unspecified atom stereocenters. The number of allylic oxidation sites excluding steroid dienone is 2. The number of hydrogen-bond donors (Lipinski definition) is 0. The molecule has 2 saturated carbocycles. The van der Waals surface area contributed by atoms with Crippen molar-refractivity contribution in [2.45, 2.75) is 83.2 Å². The Labute approximate surface area is 123 Å². The van der Waals surface area contributed by atoms with E-state index in [0.29, 0.717) is 5.41 Å². The fourth-order valence-corrected chi connectivity index (χ4v) is 4.76. The Morgan fingerprint density at radius 1 is 1.05 bits per heavy atom. The molecule has 0 aliphatic heterocycles. The highest BCUT2D eigenvalue weighted by atomic mass is 16.6. The zero-order valence-electron chi connectivity index (χ0n) is 12.8. The second kappa shape index (κ2) is 5.54. The van der Waals surface area contributed by atoms with Gasteiger partial charge in [0, 0.05) is 5.41 Å². The minimum Gasteiger partial charge on any atom is -0.459 e. The summed E-state index contributed by atoms with van der Waals surface area (Å²) in [6.45, 7) is 2.23. The Hall–Kier alpha value is -0.790. The summed E-state index contributed by atoms with van der Waals surface area (Å²) in [6, 6.07) is 0. The molecular formula is C18H28O2. The first kappa shape index (κ1) is 14.2. The molecule has 2 nitrogen and oxygen atoms in total. The van der Waals surface area contributed by atoms with E-state index in [2.05, 4.69) is 19.1 Å². The lowest BCUT2D eigenvalue weighted by Gasteiger charge is -2.49. The van der Waals surface area contributed by atoms with Crippen LogP contribution in [0.15, 0.2) is 12.2 Å². The maximum Gasteiger partial charge on any atom is 0.309 e. The summed E-state index contributed by atoms with van der Waals surface area (Å²) in [5, 5.41) is 0. The molecule has 3 rings (SSSR count). The molecule has 20 heavy (non-hydrogen) atoms. The molecule has 0 radical (unpaired) electrons. The molecule has 2 heteroatoms. The highest BCUT2D eigenvalue weighted by Crippen LogP contribution is 2.56. The van der Waals surface area contributed by atoms with E-state index < -0.39 is 0 Å². The summed E-state index contributed by atoms with van der Waals surface area (Å²) in [5.74, 6) is 0.183. The Morgan fingerprint density at radius 2 is 1.70 bits per heavy atom. The fraction of sp³-hybridized carbons (Fsp3) is 0.833. The van der Waals surface area contributed by atoms with E-state index in [1.165, 1.54) is 44.9 Å². The lowest BCUT2D eigenvalue weighted by Crippen LogP contribution is -2.50. The first-order valence-corrected chi connectivity index (χ1v) is 8.53. The summed E-state index contributed by atoms with van der Waals surface area (Å²) >= 11 is 0. The van der Waals surface area contributed by atoms with Gasteiger partial charge in [0.05, 0.1) is 5.92 Å². The molecule has 0 amide bonds. The summed E-state index contributed by atoms with van der Waals surface area (Å²) in [4.78, 5) is 12.6. The van der Waals surface area contributed by atoms with E-state index in [-0.39, 0.29) is 17.5 Å². The fourth-order valence-electron chi connectivity index (χ4n) is 4.76. The molecule has 112 valence electrons. The van der Waals surface area contributed by atoms with Crippen LogP contribution in [-0.2, 0) is 9.53 Å². The highest BCUT2D eigenvalue weighted by molar-refractivity contribution is 5.73. The van der Waals surface area contributed by atoms with Crippen LogP contribution in [0, 0.1) is 11.3 Å². The topological polar surface area (TPSA) is 26.3 Å². The van der Waals surface area contributed by atoms with Crippen molar-refractivity contribution >= 4 is 5.97 Å². The standard InChI is InChI=1S/C18H28O2/c1-17(20-16(19)15-9-3-2-4-10-15)11-5-6-12-18(17)13-7-8-14-18/h2-3,15H,4-14H2,1H3. The van der Waals surface area contributed by atoms with Crippen LogP contribution in [0.5, 0.6) is 0 Å². The molecule has 0 bridgehead atoms. The summed E-state index contributed by atoms with van der Waals surface area (Å²) in [7, 11) is 0. The normalized spacial score (nSPS) is 36.1. The smallest absolute Gasteiger partial charge is 0.309 e. The predicted octanol–water partition coefficient (Wildman–Crippen LogP) is 4.78. The summed E-state index contributed by atoms with van der Waals surface area (Å²) < 4.78 is 6.18. The molecule has 3 aliphatic rings. The summed E-state index contributed by atoms with van der Waals surface area (Å²) in [5.41, 5.74) is 0.103. The molecule has 0 aromatic carbocycles. The van der Waals surface area contributed by atoms with Gasteiger partial charge in [-0.05, 0) is 58.3 Å². The number of carbonyl (C=O) groups excluding carboxylic acids is 1. The average Bonchev–Trinajstić information content (AvgIpc) is 2.94. The average molecular weight is 276 g/mol. The molecular weight excluding hydrogens is 248 g/mol. The number of hydrogen-bond acceptors (Lipinski definition) is 2. The second-order valence-corrected chi connectivity index (χ2v) is 7.33. The van der Waals surface area contributed by atoms with Crippen LogP contribution in [0.2, 0.25) is 0 Å². The summed E-state index contributed by atoms with van der Waals surface area (Å²) in [6.07, 6.45) is 17.2. The third-order valence-corrected chi connectivity index (χ3v) is 6.17. The Bertz CT molecular complexity index is 392. The van der Waals surface area contributed by atoms with Gasteiger partial charge in [-0.3, -0.25) is 4.79 Å². The number of rotatable bonds is 2. The van der Waals surface area contributed by atoms with Gasteiger partial charge in [-0.2, -0.15) is 0 Å². The molecule has 0 N–H and O–H groups in total. The van der Waals surface area contributed by atoms with E-state index in [1.807, 2.05) is 0 Å². The SMILES string of the molecule is CC1(OC(=O)C2CC=CCC2)CCCCC12CCCC2. The van der Waals surface area contributed by atoms with Crippen LogP contribution >= 0.6 is 0 Å². The van der Waals surface area contributed by atoms with Crippen molar-refractivity contribution in [2.75, 3.05) is 0 Å². The van der Waals surface area contributed by atoms with Gasteiger partial charge in [-0.15, -0.1) is 0 Å². The lowest BCUT2D eigenvalue weighted by atomic mass is 9.62. The Morgan fingerprint density at radius 3 is 2.30 bits per heavy atom. The quantitative estimate of drug-likeness (QED) is 0.536. The minimum absolute atomic E-state index is 0.0741. The van der Waals surface area contributed by atoms with E-state index in [4.69, 9.17) is 4.74 Å². The lowest BCUT2D eigenvalue weighted by molar-refractivity contribution is -0.186. The van der Waals surface area contributed by atoms with Crippen molar-refractivity contribution in [1.82, 2.24) is 0 Å². The maximum absolute atomic E-state index is 12.6. The van der Waals surface area contributed by atoms with Crippen molar-refractivity contribution in [3.05, 3.63) is 12.2 Å². The third-order valence-electron chi connectivity index (χ3n) is 6.17. The second-order valence-electron chi connectivity index (χ2n) is 7.33. The Balaban J connectivity index is 1.72. The van der Waals surface area contributed by atoms with Gasteiger partial charge in [-0.1, -0.05) is 31.4 Å². The molecule has 0 saturated heterocycles. The van der Waals surface area contributed by atoms with Crippen LogP contribution in [0.1, 0.15) is 77.6 Å². The van der Waals surface area contributed by atoms with Gasteiger partial charge in [0.1, 0.15) is 5.60 Å². The van der Waals surface area contributed by atoms with Crippen LogP contribution in [0.3, 0.4) is 0 Å². The number of ether oxygens (including phenoxy) is 1. The molecule has 3 aliphatic carbocycles. The van der Waals surface area contributed by atoms with Crippen LogP contribution in [0.25, 0.3) is 0 Å². The highest BCUT2D eigenvalue weighted by Gasteiger charge is 2.53. The van der Waals surface area contributed by atoms with Gasteiger partial charge in [0.15, 0.2) is 0 Å². The molecule has 1 spiro atoms. The predicted molar refractivity (Wildman–Crippen MR) is 80.3 cm³/mol. The Kier molecular flexibility index (Phi) is 3.92. The van der Waals surface area contributed by atoms with Crippen molar-refractivity contribution in [3.63, 3.8) is 0 Å². The van der Waals surface area contributed by atoms with Crippen molar-refractivity contribution in [1.29, 1.82) is 0 Å². The zero-order valence-corrected chi connectivity index (χ0v) is 12.8. The van der Waals surface area contributed by atoms with E-state index in [1.54, 1.807) is 0 Å². The molecule has 0 aromatic rings. The largest absolute Gasteiger partial charge is 0.459 e. The minimum atomic E-state index is -0.194. The van der Waals surface area contributed by atoms with Crippen molar-refractivity contribution in [2.24, 2.45) is 11.3 Å². The zero-order chi connectivity index (χ0) is 14.1. The van der Waals surface area contributed by atoms with Crippen molar-refractivity contribution < 1.29 is 9.53 Å². The van der Waals surface area contributed by atoms with Crippen LogP contribution < -0.4 is 0 Å². The van der Waals surface area contributed by atoms with Gasteiger partial charge < -0.3 is 4.74 Å². The van der Waals surface area contributed by atoms with Crippen LogP contribution in [-0.4, -0.2) is 11.6 Å². The third kappa shape index (κ3) is 2.42. The first-order valence-electron chi connectivity index (χ1n) is 8.53. The molecule has 0 aromatic heterocycles. The first-order chi connectivity index (χ1) is 9.65. The number of esters is 1. The van der Waals surface area contributed by atoms with Gasteiger partial charge >= 0.3 is 5.97 Å². The van der Waals surface area contributed by atoms with Gasteiger partial charge in [0.25, 0.3) is 0 Å². The van der Waals surface area contributed by atoms with E-state index in [0.717, 1.165) is 25.7 Å². The van der Waals surface area contributed by atoms with E-state index >= 15 is 0 Å².